The molecule has 1 N–H and O–H groups in total. The fraction of sp³-hybridized carbons (Fsp3) is 0.200. The number of nitrogens with zero attached hydrogens (tertiary/aromatic N) is 1. The summed E-state index contributed by atoms with van der Waals surface area (Å²) < 4.78 is 33.2. The fourth-order valence-electron chi connectivity index (χ4n) is 3.29. The van der Waals surface area contributed by atoms with Crippen molar-refractivity contribution in [2.75, 3.05) is 20.1 Å². The predicted octanol–water partition coefficient (Wildman–Crippen LogP) is 4.72. The van der Waals surface area contributed by atoms with Crippen molar-refractivity contribution in [3.63, 3.8) is 0 Å². The van der Waals surface area contributed by atoms with Crippen LogP contribution < -0.4 is 4.74 Å². The molecule has 5 nitrogen and oxygen atoms in total. The van der Waals surface area contributed by atoms with Crippen LogP contribution in [0.1, 0.15) is 34.0 Å². The number of aliphatic carboxylic acids is 1. The third-order valence-electron chi connectivity index (χ3n) is 4.92. The van der Waals surface area contributed by atoms with Gasteiger partial charge in [0.25, 0.3) is 0 Å². The minimum atomic E-state index is -0.912. The Kier molecular flexibility index (Phi) is 7.68. The number of carbonyl (C=O) groups is 2. The monoisotopic (exact) mass is 439 g/mol. The van der Waals surface area contributed by atoms with E-state index in [1.807, 2.05) is 30.3 Å². The number of halogens is 2. The largest absolute Gasteiger partial charge is 0.486 e. The summed E-state index contributed by atoms with van der Waals surface area (Å²) in [5.74, 6) is -2.60. The average Bonchev–Trinajstić information content (AvgIpc) is 2.77. The van der Waals surface area contributed by atoms with Gasteiger partial charge in [-0.2, -0.15) is 0 Å². The predicted molar refractivity (Wildman–Crippen MR) is 116 cm³/mol. The van der Waals surface area contributed by atoms with Crippen LogP contribution in [0.4, 0.5) is 8.78 Å². The Morgan fingerprint density at radius 2 is 1.69 bits per heavy atom. The molecule has 0 aliphatic carbocycles. The standard InChI is InChI=1S/C25H23F2NO4/c1-28(16-24(29)30)14-13-23(17-5-3-2-4-6-17)32-20-10-7-18(8-11-20)25(31)21-12-9-19(26)15-22(21)27/h2-12,15,23H,13-14,16H2,1H3,(H,29,30). The smallest absolute Gasteiger partial charge is 0.317 e. The summed E-state index contributed by atoms with van der Waals surface area (Å²) in [6, 6.07) is 18.7. The lowest BCUT2D eigenvalue weighted by atomic mass is 10.0. The van der Waals surface area contributed by atoms with E-state index in [1.165, 1.54) is 12.1 Å². The van der Waals surface area contributed by atoms with Crippen LogP contribution >= 0.6 is 0 Å². The maximum absolute atomic E-state index is 13.9. The zero-order valence-corrected chi connectivity index (χ0v) is 17.5. The Morgan fingerprint density at radius 1 is 1.00 bits per heavy atom. The number of carboxylic acid groups (broad SMARTS) is 1. The molecule has 0 aliphatic heterocycles. The Bertz CT molecular complexity index is 1070. The SMILES string of the molecule is CN(CCC(Oc1ccc(C(=O)c2ccc(F)cc2F)cc1)c1ccccc1)CC(=O)O. The first-order valence-electron chi connectivity index (χ1n) is 10.0. The molecular weight excluding hydrogens is 416 g/mol. The first kappa shape index (κ1) is 23.1. The minimum Gasteiger partial charge on any atom is -0.486 e. The van der Waals surface area contributed by atoms with Gasteiger partial charge in [-0.05, 0) is 49.0 Å². The number of hydrogen-bond donors (Lipinski definition) is 1. The van der Waals surface area contributed by atoms with Crippen molar-refractivity contribution in [3.05, 3.63) is 101 Å². The summed E-state index contributed by atoms with van der Waals surface area (Å²) in [7, 11) is 1.73. The molecule has 0 aliphatic rings. The Morgan fingerprint density at radius 3 is 2.31 bits per heavy atom. The van der Waals surface area contributed by atoms with Gasteiger partial charge >= 0.3 is 5.97 Å². The van der Waals surface area contributed by atoms with Gasteiger partial charge in [-0.1, -0.05) is 30.3 Å². The van der Waals surface area contributed by atoms with Crippen LogP contribution in [-0.4, -0.2) is 41.9 Å². The Labute approximate surface area is 184 Å². The van der Waals surface area contributed by atoms with Gasteiger partial charge in [0, 0.05) is 24.6 Å². The van der Waals surface area contributed by atoms with Crippen LogP contribution in [-0.2, 0) is 4.79 Å². The van der Waals surface area contributed by atoms with Crippen LogP contribution in [0.5, 0.6) is 5.75 Å². The first-order chi connectivity index (χ1) is 15.3. The molecule has 3 aromatic carbocycles. The van der Waals surface area contributed by atoms with Gasteiger partial charge in [0.05, 0.1) is 12.1 Å². The molecule has 0 heterocycles. The molecule has 166 valence electrons. The number of rotatable bonds is 10. The van der Waals surface area contributed by atoms with Crippen molar-refractivity contribution in [2.24, 2.45) is 0 Å². The zero-order chi connectivity index (χ0) is 23.1. The quantitative estimate of drug-likeness (QED) is 0.463. The fourth-order valence-corrected chi connectivity index (χ4v) is 3.29. The lowest BCUT2D eigenvalue weighted by Gasteiger charge is -2.22. The topological polar surface area (TPSA) is 66.8 Å². The molecule has 0 spiro atoms. The molecule has 0 radical (unpaired) electrons. The molecule has 1 atom stereocenters. The molecule has 0 amide bonds. The van der Waals surface area contributed by atoms with Crippen LogP contribution in [0.3, 0.4) is 0 Å². The lowest BCUT2D eigenvalue weighted by molar-refractivity contribution is -0.138. The zero-order valence-electron chi connectivity index (χ0n) is 17.5. The van der Waals surface area contributed by atoms with Crippen molar-refractivity contribution in [3.8, 4) is 5.75 Å². The van der Waals surface area contributed by atoms with Crippen LogP contribution in [0.2, 0.25) is 0 Å². The summed E-state index contributed by atoms with van der Waals surface area (Å²) in [6.45, 7) is 0.435. The molecule has 0 aromatic heterocycles. The van der Waals surface area contributed by atoms with Gasteiger partial charge in [0.15, 0.2) is 5.78 Å². The number of benzene rings is 3. The van der Waals surface area contributed by atoms with E-state index in [4.69, 9.17) is 9.84 Å². The van der Waals surface area contributed by atoms with Crippen LogP contribution in [0.15, 0.2) is 72.8 Å². The lowest BCUT2D eigenvalue weighted by Crippen LogP contribution is -2.28. The third kappa shape index (κ3) is 6.21. The second-order valence-corrected chi connectivity index (χ2v) is 7.42. The molecule has 7 heteroatoms. The highest BCUT2D eigenvalue weighted by atomic mass is 19.1. The molecule has 3 rings (SSSR count). The van der Waals surface area contributed by atoms with E-state index in [1.54, 1.807) is 24.1 Å². The maximum Gasteiger partial charge on any atom is 0.317 e. The molecule has 0 saturated carbocycles. The number of hydrogen-bond acceptors (Lipinski definition) is 4. The van der Waals surface area contributed by atoms with E-state index in [0.717, 1.165) is 17.7 Å². The molecule has 0 saturated heterocycles. The van der Waals surface area contributed by atoms with Gasteiger partial charge in [-0.3, -0.25) is 14.5 Å². The van der Waals surface area contributed by atoms with Gasteiger partial charge in [-0.25, -0.2) is 8.78 Å². The highest BCUT2D eigenvalue weighted by molar-refractivity contribution is 6.09. The normalized spacial score (nSPS) is 11.9. The maximum atomic E-state index is 13.9. The van der Waals surface area contributed by atoms with Gasteiger partial charge in [0.1, 0.15) is 23.5 Å². The summed E-state index contributed by atoms with van der Waals surface area (Å²) in [5, 5.41) is 8.94. The molecule has 3 aromatic rings. The van der Waals surface area contributed by atoms with Crippen molar-refractivity contribution in [1.29, 1.82) is 0 Å². The average molecular weight is 439 g/mol. The highest BCUT2D eigenvalue weighted by Crippen LogP contribution is 2.26. The number of likely N-dealkylation sites (N-methyl/N-ethyl adjacent to an activating group) is 1. The van der Waals surface area contributed by atoms with Gasteiger partial charge < -0.3 is 9.84 Å². The van der Waals surface area contributed by atoms with Gasteiger partial charge in [-0.15, -0.1) is 0 Å². The number of ether oxygens (including phenoxy) is 1. The summed E-state index contributed by atoms with van der Waals surface area (Å²) >= 11 is 0. The summed E-state index contributed by atoms with van der Waals surface area (Å²) in [4.78, 5) is 25.1. The summed E-state index contributed by atoms with van der Waals surface area (Å²) in [6.07, 6.45) is 0.221. The number of carbonyl (C=O) groups excluding carboxylic acids is 1. The molecule has 0 bridgehead atoms. The Hall–Kier alpha value is -3.58. The Balaban J connectivity index is 1.73. The van der Waals surface area contributed by atoms with E-state index in [9.17, 15) is 18.4 Å². The van der Waals surface area contributed by atoms with E-state index >= 15 is 0 Å². The molecule has 1 unspecified atom stereocenters. The number of carboxylic acids is 1. The first-order valence-corrected chi connectivity index (χ1v) is 10.0. The summed E-state index contributed by atoms with van der Waals surface area (Å²) in [5.41, 5.74) is 0.980. The van der Waals surface area contributed by atoms with Crippen molar-refractivity contribution in [1.82, 2.24) is 4.90 Å². The van der Waals surface area contributed by atoms with Crippen LogP contribution in [0, 0.1) is 11.6 Å². The van der Waals surface area contributed by atoms with Crippen molar-refractivity contribution >= 4 is 11.8 Å². The second kappa shape index (κ2) is 10.6. The van der Waals surface area contributed by atoms with Gasteiger partial charge in [0.2, 0.25) is 0 Å². The molecule has 0 fully saturated rings. The van der Waals surface area contributed by atoms with E-state index in [0.29, 0.717) is 24.8 Å². The molecule has 32 heavy (non-hydrogen) atoms. The van der Waals surface area contributed by atoms with Crippen molar-refractivity contribution < 1.29 is 28.2 Å². The second-order valence-electron chi connectivity index (χ2n) is 7.42. The van der Waals surface area contributed by atoms with Crippen molar-refractivity contribution in [2.45, 2.75) is 12.5 Å². The van der Waals surface area contributed by atoms with E-state index in [-0.39, 0.29) is 23.8 Å². The third-order valence-corrected chi connectivity index (χ3v) is 4.92. The molecular formula is C25H23F2NO4. The minimum absolute atomic E-state index is 0.0712. The van der Waals surface area contributed by atoms with Crippen LogP contribution in [0.25, 0.3) is 0 Å². The van der Waals surface area contributed by atoms with E-state index in [2.05, 4.69) is 0 Å². The van der Waals surface area contributed by atoms with E-state index < -0.39 is 23.4 Å². The highest BCUT2D eigenvalue weighted by Gasteiger charge is 2.17. The number of ketones is 1.